The van der Waals surface area contributed by atoms with E-state index in [0.29, 0.717) is 13.1 Å². The largest absolute Gasteiger partial charge is 0.327 e. The Hall–Kier alpha value is -0.170. The number of hydrogen-bond donors (Lipinski definition) is 2. The van der Waals surface area contributed by atoms with Crippen LogP contribution in [0.2, 0.25) is 0 Å². The molecule has 0 aromatic heterocycles. The molecule has 1 aliphatic carbocycles. The lowest BCUT2D eigenvalue weighted by Crippen LogP contribution is -2.65. The van der Waals surface area contributed by atoms with Gasteiger partial charge in [-0.25, -0.2) is 0 Å². The summed E-state index contributed by atoms with van der Waals surface area (Å²) in [4.78, 5) is 0. The first-order valence-corrected chi connectivity index (χ1v) is 7.81. The minimum atomic E-state index is -3.31. The predicted octanol–water partition coefficient (Wildman–Crippen LogP) is 0.433. The van der Waals surface area contributed by atoms with E-state index in [4.69, 9.17) is 5.73 Å². The van der Waals surface area contributed by atoms with Crippen LogP contribution in [0.15, 0.2) is 0 Å². The van der Waals surface area contributed by atoms with Gasteiger partial charge in [0.15, 0.2) is 0 Å². The molecule has 2 fully saturated rings. The lowest BCUT2D eigenvalue weighted by atomic mass is 9.64. The van der Waals surface area contributed by atoms with Gasteiger partial charge in [0.2, 0.25) is 0 Å². The van der Waals surface area contributed by atoms with Crippen molar-refractivity contribution in [3.63, 3.8) is 0 Å². The molecule has 2 unspecified atom stereocenters. The molecule has 1 heterocycles. The van der Waals surface area contributed by atoms with Gasteiger partial charge in [-0.05, 0) is 24.7 Å². The van der Waals surface area contributed by atoms with E-state index >= 15 is 0 Å². The van der Waals surface area contributed by atoms with Crippen LogP contribution in [0.5, 0.6) is 0 Å². The van der Waals surface area contributed by atoms with Crippen molar-refractivity contribution in [2.24, 2.45) is 11.1 Å². The first-order chi connectivity index (χ1) is 7.84. The van der Waals surface area contributed by atoms with Crippen LogP contribution in [0.4, 0.5) is 0 Å². The van der Waals surface area contributed by atoms with Gasteiger partial charge < -0.3 is 5.73 Å². The summed E-state index contributed by atoms with van der Waals surface area (Å²) in [6.07, 6.45) is 3.80. The highest BCUT2D eigenvalue weighted by atomic mass is 32.2. The Kier molecular flexibility index (Phi) is 3.51. The number of piperidine rings is 1. The molecule has 1 saturated carbocycles. The van der Waals surface area contributed by atoms with Gasteiger partial charge in [-0.3, -0.25) is 0 Å². The Morgan fingerprint density at radius 2 is 1.82 bits per heavy atom. The molecule has 3 N–H and O–H groups in total. The fourth-order valence-corrected chi connectivity index (χ4v) is 4.17. The Labute approximate surface area is 104 Å². The third-order valence-electron chi connectivity index (χ3n) is 4.29. The van der Waals surface area contributed by atoms with Gasteiger partial charge in [0.25, 0.3) is 10.2 Å². The molecular weight excluding hydrogens is 238 g/mol. The zero-order valence-corrected chi connectivity index (χ0v) is 11.5. The number of nitrogens with one attached hydrogen (secondary N) is 1. The van der Waals surface area contributed by atoms with E-state index in [-0.39, 0.29) is 17.5 Å². The van der Waals surface area contributed by atoms with Gasteiger partial charge in [-0.2, -0.15) is 17.4 Å². The molecule has 2 atom stereocenters. The summed E-state index contributed by atoms with van der Waals surface area (Å²) in [6, 6.07) is 0.0704. The van der Waals surface area contributed by atoms with E-state index in [0.717, 1.165) is 25.7 Å². The summed E-state index contributed by atoms with van der Waals surface area (Å²) < 4.78 is 28.7. The summed E-state index contributed by atoms with van der Waals surface area (Å²) >= 11 is 0. The molecule has 1 saturated heterocycles. The van der Waals surface area contributed by atoms with Gasteiger partial charge >= 0.3 is 0 Å². The monoisotopic (exact) mass is 261 g/mol. The van der Waals surface area contributed by atoms with Crippen LogP contribution in [-0.4, -0.2) is 37.9 Å². The predicted molar refractivity (Wildman–Crippen MR) is 67.6 cm³/mol. The summed E-state index contributed by atoms with van der Waals surface area (Å²) in [5.74, 6) is 0. The van der Waals surface area contributed by atoms with E-state index in [2.05, 4.69) is 4.72 Å². The Morgan fingerprint density at radius 1 is 1.24 bits per heavy atom. The number of nitrogens with zero attached hydrogens (tertiary/aromatic N) is 1. The fourth-order valence-electron chi connectivity index (χ4n) is 2.52. The van der Waals surface area contributed by atoms with E-state index in [1.165, 1.54) is 0 Å². The standard InChI is InChI=1S/C11H23N3O2S/c1-11(2)9(12)8-10(11)13-17(15,16)14-6-4-3-5-7-14/h9-10,13H,3-8,12H2,1-2H3. The van der Waals surface area contributed by atoms with Crippen LogP contribution in [0.25, 0.3) is 0 Å². The van der Waals surface area contributed by atoms with Crippen LogP contribution in [0.3, 0.4) is 0 Å². The second kappa shape index (κ2) is 4.50. The second-order valence-electron chi connectivity index (χ2n) is 5.80. The van der Waals surface area contributed by atoms with E-state index in [9.17, 15) is 8.42 Å². The zero-order chi connectivity index (χ0) is 12.7. The van der Waals surface area contributed by atoms with Gasteiger partial charge in [0, 0.05) is 25.2 Å². The van der Waals surface area contributed by atoms with E-state index in [1.807, 2.05) is 13.8 Å². The Morgan fingerprint density at radius 3 is 2.29 bits per heavy atom. The second-order valence-corrected chi connectivity index (χ2v) is 7.50. The third-order valence-corrected chi connectivity index (χ3v) is 5.92. The lowest BCUT2D eigenvalue weighted by Gasteiger charge is -2.50. The SMILES string of the molecule is CC1(C)C(N)CC1NS(=O)(=O)N1CCCCC1. The quantitative estimate of drug-likeness (QED) is 0.773. The first-order valence-electron chi connectivity index (χ1n) is 6.37. The minimum Gasteiger partial charge on any atom is -0.327 e. The van der Waals surface area contributed by atoms with Crippen LogP contribution < -0.4 is 10.5 Å². The average molecular weight is 261 g/mol. The van der Waals surface area contributed by atoms with Crippen LogP contribution >= 0.6 is 0 Å². The van der Waals surface area contributed by atoms with Crippen molar-refractivity contribution in [3.05, 3.63) is 0 Å². The summed E-state index contributed by atoms with van der Waals surface area (Å²) in [6.45, 7) is 5.33. The van der Waals surface area contributed by atoms with Gasteiger partial charge in [0.05, 0.1) is 0 Å². The molecule has 100 valence electrons. The maximum atomic E-state index is 12.2. The molecule has 0 radical (unpaired) electrons. The Bertz CT molecular complexity index is 374. The van der Waals surface area contributed by atoms with Crippen molar-refractivity contribution >= 4 is 10.2 Å². The van der Waals surface area contributed by atoms with Gasteiger partial charge in [-0.1, -0.05) is 20.3 Å². The molecule has 0 bridgehead atoms. The first kappa shape index (κ1) is 13.3. The van der Waals surface area contributed by atoms with Crippen molar-refractivity contribution in [1.82, 2.24) is 9.03 Å². The Balaban J connectivity index is 1.98. The molecular formula is C11H23N3O2S. The molecule has 5 nitrogen and oxygen atoms in total. The molecule has 0 aromatic rings. The minimum absolute atomic E-state index is 0.0237. The zero-order valence-electron chi connectivity index (χ0n) is 10.6. The highest BCUT2D eigenvalue weighted by Crippen LogP contribution is 2.39. The highest BCUT2D eigenvalue weighted by molar-refractivity contribution is 7.87. The summed E-state index contributed by atoms with van der Waals surface area (Å²) in [5.41, 5.74) is 5.76. The highest BCUT2D eigenvalue weighted by Gasteiger charge is 2.48. The van der Waals surface area contributed by atoms with Crippen LogP contribution in [-0.2, 0) is 10.2 Å². The molecule has 6 heteroatoms. The number of rotatable bonds is 3. The maximum Gasteiger partial charge on any atom is 0.279 e. The maximum absolute atomic E-state index is 12.2. The normalized spacial score (nSPS) is 34.3. The third kappa shape index (κ3) is 2.50. The topological polar surface area (TPSA) is 75.4 Å². The number of nitrogens with two attached hydrogens (primary N) is 1. The molecule has 0 spiro atoms. The molecule has 2 rings (SSSR count). The van der Waals surface area contributed by atoms with Crippen LogP contribution in [0, 0.1) is 5.41 Å². The fraction of sp³-hybridized carbons (Fsp3) is 1.00. The lowest BCUT2D eigenvalue weighted by molar-refractivity contribution is 0.0885. The van der Waals surface area contributed by atoms with E-state index in [1.54, 1.807) is 4.31 Å². The van der Waals surface area contributed by atoms with Crippen molar-refractivity contribution in [2.45, 2.75) is 51.6 Å². The summed E-state index contributed by atoms with van der Waals surface area (Å²) in [5, 5.41) is 0. The van der Waals surface area contributed by atoms with Crippen molar-refractivity contribution in [2.75, 3.05) is 13.1 Å². The molecule has 2 aliphatic rings. The van der Waals surface area contributed by atoms with Crippen molar-refractivity contribution in [1.29, 1.82) is 0 Å². The van der Waals surface area contributed by atoms with Crippen molar-refractivity contribution in [3.8, 4) is 0 Å². The van der Waals surface area contributed by atoms with E-state index < -0.39 is 10.2 Å². The number of hydrogen-bond acceptors (Lipinski definition) is 3. The summed E-state index contributed by atoms with van der Waals surface area (Å²) in [7, 11) is -3.31. The van der Waals surface area contributed by atoms with Crippen LogP contribution in [0.1, 0.15) is 39.5 Å². The molecule has 1 aliphatic heterocycles. The van der Waals surface area contributed by atoms with Crippen molar-refractivity contribution < 1.29 is 8.42 Å². The molecule has 0 amide bonds. The van der Waals surface area contributed by atoms with Gasteiger partial charge in [-0.15, -0.1) is 0 Å². The molecule has 0 aromatic carbocycles. The average Bonchev–Trinajstić information content (AvgIpc) is 2.30. The smallest absolute Gasteiger partial charge is 0.279 e. The molecule has 17 heavy (non-hydrogen) atoms. The van der Waals surface area contributed by atoms with Gasteiger partial charge in [0.1, 0.15) is 0 Å².